The smallest absolute Gasteiger partial charge is 0.356 e. The van der Waals surface area contributed by atoms with Gasteiger partial charge in [0, 0.05) is 18.0 Å². The van der Waals surface area contributed by atoms with Gasteiger partial charge in [0.25, 0.3) is 5.91 Å². The second kappa shape index (κ2) is 7.74. The largest absolute Gasteiger partial charge is 0.464 e. The fourth-order valence-electron chi connectivity index (χ4n) is 1.82. The highest BCUT2D eigenvalue weighted by Gasteiger charge is 2.14. The Balaban J connectivity index is 2.17. The normalized spacial score (nSPS) is 10.8. The summed E-state index contributed by atoms with van der Waals surface area (Å²) in [4.78, 5) is 28.1. The van der Waals surface area contributed by atoms with Gasteiger partial charge in [-0.3, -0.25) is 4.79 Å². The van der Waals surface area contributed by atoms with Crippen molar-refractivity contribution < 1.29 is 14.3 Å². The van der Waals surface area contributed by atoms with E-state index in [2.05, 4.69) is 20.4 Å². The number of aryl methyl sites for hydroxylation is 1. The van der Waals surface area contributed by atoms with Crippen LogP contribution in [0.25, 0.3) is 0 Å². The Kier molecular flexibility index (Phi) is 5.46. The molecule has 0 radical (unpaired) electrons. The van der Waals surface area contributed by atoms with Crippen LogP contribution in [-0.4, -0.2) is 24.0 Å². The van der Waals surface area contributed by atoms with Gasteiger partial charge in [0.05, 0.1) is 7.11 Å². The van der Waals surface area contributed by atoms with Crippen LogP contribution in [0.4, 0.5) is 5.82 Å². The SMILES string of the molecule is COC(=O)C(=CNc1ncccc1C)NC(=O)c1ccccc1. The van der Waals surface area contributed by atoms with E-state index in [1.165, 1.54) is 13.3 Å². The molecule has 1 aromatic carbocycles. The summed E-state index contributed by atoms with van der Waals surface area (Å²) in [5.74, 6) is -0.472. The zero-order valence-corrected chi connectivity index (χ0v) is 12.9. The molecule has 6 heteroatoms. The zero-order valence-electron chi connectivity index (χ0n) is 12.9. The number of carbonyl (C=O) groups is 2. The molecule has 0 aliphatic carbocycles. The highest BCUT2D eigenvalue weighted by atomic mass is 16.5. The topological polar surface area (TPSA) is 80.3 Å². The van der Waals surface area contributed by atoms with Gasteiger partial charge in [0.1, 0.15) is 11.5 Å². The Labute approximate surface area is 134 Å². The van der Waals surface area contributed by atoms with Crippen LogP contribution in [0.5, 0.6) is 0 Å². The Hall–Kier alpha value is -3.15. The number of hydrogen-bond acceptors (Lipinski definition) is 5. The fraction of sp³-hybridized carbons (Fsp3) is 0.118. The minimum absolute atomic E-state index is 0.00796. The molecule has 1 heterocycles. The maximum Gasteiger partial charge on any atom is 0.356 e. The van der Waals surface area contributed by atoms with Gasteiger partial charge in [-0.1, -0.05) is 24.3 Å². The number of rotatable bonds is 5. The van der Waals surface area contributed by atoms with Crippen LogP contribution in [0, 0.1) is 6.92 Å². The van der Waals surface area contributed by atoms with E-state index in [1.807, 2.05) is 19.1 Å². The number of ether oxygens (including phenoxy) is 1. The van der Waals surface area contributed by atoms with Crippen molar-refractivity contribution >= 4 is 17.7 Å². The Morgan fingerprint density at radius 1 is 1.13 bits per heavy atom. The van der Waals surface area contributed by atoms with Crippen LogP contribution in [0.15, 0.2) is 60.6 Å². The van der Waals surface area contributed by atoms with Gasteiger partial charge in [-0.2, -0.15) is 0 Å². The number of aromatic nitrogens is 1. The lowest BCUT2D eigenvalue weighted by molar-refractivity contribution is -0.136. The lowest BCUT2D eigenvalue weighted by atomic mass is 10.2. The number of esters is 1. The molecule has 2 rings (SSSR count). The Morgan fingerprint density at radius 2 is 1.87 bits per heavy atom. The molecule has 0 aliphatic heterocycles. The first-order valence-corrected chi connectivity index (χ1v) is 6.95. The molecule has 23 heavy (non-hydrogen) atoms. The third-order valence-corrected chi connectivity index (χ3v) is 3.05. The van der Waals surface area contributed by atoms with E-state index < -0.39 is 11.9 Å². The molecule has 1 amide bonds. The first-order valence-electron chi connectivity index (χ1n) is 6.95. The van der Waals surface area contributed by atoms with Gasteiger partial charge >= 0.3 is 5.97 Å². The molecule has 2 N–H and O–H groups in total. The van der Waals surface area contributed by atoms with Crippen LogP contribution >= 0.6 is 0 Å². The van der Waals surface area contributed by atoms with Gasteiger partial charge in [0.15, 0.2) is 0 Å². The number of methoxy groups -OCH3 is 1. The number of pyridine rings is 1. The molecule has 0 spiro atoms. The maximum absolute atomic E-state index is 12.2. The van der Waals surface area contributed by atoms with E-state index in [4.69, 9.17) is 0 Å². The molecule has 0 atom stereocenters. The molecule has 0 aliphatic rings. The molecule has 0 fully saturated rings. The average molecular weight is 311 g/mol. The molecule has 0 saturated carbocycles. The number of nitrogens with zero attached hydrogens (tertiary/aromatic N) is 1. The van der Waals surface area contributed by atoms with Crippen molar-refractivity contribution in [2.75, 3.05) is 12.4 Å². The van der Waals surface area contributed by atoms with E-state index in [1.54, 1.807) is 36.5 Å². The van der Waals surface area contributed by atoms with E-state index in [9.17, 15) is 9.59 Å². The first-order chi connectivity index (χ1) is 11.1. The quantitative estimate of drug-likeness (QED) is 0.654. The summed E-state index contributed by atoms with van der Waals surface area (Å²) < 4.78 is 4.69. The van der Waals surface area contributed by atoms with Crippen molar-refractivity contribution in [2.45, 2.75) is 6.92 Å². The van der Waals surface area contributed by atoms with E-state index in [-0.39, 0.29) is 5.70 Å². The minimum atomic E-state index is -0.657. The zero-order chi connectivity index (χ0) is 16.7. The van der Waals surface area contributed by atoms with Crippen molar-refractivity contribution in [2.24, 2.45) is 0 Å². The third-order valence-electron chi connectivity index (χ3n) is 3.05. The number of hydrogen-bond donors (Lipinski definition) is 2. The first kappa shape index (κ1) is 16.2. The molecule has 118 valence electrons. The van der Waals surface area contributed by atoms with Crippen molar-refractivity contribution in [1.29, 1.82) is 0 Å². The summed E-state index contributed by atoms with van der Waals surface area (Å²) in [7, 11) is 1.25. The number of carbonyl (C=O) groups excluding carboxylic acids is 2. The molecule has 6 nitrogen and oxygen atoms in total. The lowest BCUT2D eigenvalue weighted by Gasteiger charge is -2.09. The maximum atomic E-state index is 12.2. The summed E-state index contributed by atoms with van der Waals surface area (Å²) in [5.41, 5.74) is 1.34. The van der Waals surface area contributed by atoms with Crippen molar-refractivity contribution in [3.63, 3.8) is 0 Å². The standard InChI is InChI=1S/C17H17N3O3/c1-12-7-6-10-18-15(12)19-11-14(17(22)23-2)20-16(21)13-8-4-3-5-9-13/h3-11H,1-2H3,(H,18,19)(H,20,21). The third kappa shape index (κ3) is 4.41. The number of anilines is 1. The van der Waals surface area contributed by atoms with Crippen LogP contribution in [0.2, 0.25) is 0 Å². The lowest BCUT2D eigenvalue weighted by Crippen LogP contribution is -2.28. The summed E-state index contributed by atoms with van der Waals surface area (Å²) in [6, 6.07) is 12.3. The second-order valence-corrected chi connectivity index (χ2v) is 4.68. The van der Waals surface area contributed by atoms with Crippen LogP contribution < -0.4 is 10.6 Å². The predicted molar refractivity (Wildman–Crippen MR) is 86.6 cm³/mol. The summed E-state index contributed by atoms with van der Waals surface area (Å²) in [5, 5.41) is 5.43. The Morgan fingerprint density at radius 3 is 2.52 bits per heavy atom. The molecular weight excluding hydrogens is 294 g/mol. The van der Waals surface area contributed by atoms with E-state index in [0.29, 0.717) is 11.4 Å². The Bertz CT molecular complexity index is 727. The molecule has 2 aromatic rings. The predicted octanol–water partition coefficient (Wildman–Crippen LogP) is 2.25. The summed E-state index contributed by atoms with van der Waals surface area (Å²) in [6.45, 7) is 1.88. The molecule has 0 saturated heterocycles. The number of amides is 1. The highest BCUT2D eigenvalue weighted by Crippen LogP contribution is 2.10. The van der Waals surface area contributed by atoms with Crippen molar-refractivity contribution in [3.8, 4) is 0 Å². The fourth-order valence-corrected chi connectivity index (χ4v) is 1.82. The molecule has 1 aromatic heterocycles. The van der Waals surface area contributed by atoms with Gasteiger partial charge in [-0.25, -0.2) is 9.78 Å². The average Bonchev–Trinajstić information content (AvgIpc) is 2.59. The highest BCUT2D eigenvalue weighted by molar-refractivity contribution is 6.01. The number of nitrogens with one attached hydrogen (secondary N) is 2. The van der Waals surface area contributed by atoms with Gasteiger partial charge in [-0.05, 0) is 30.7 Å². The molecular formula is C17H17N3O3. The minimum Gasteiger partial charge on any atom is -0.464 e. The van der Waals surface area contributed by atoms with Gasteiger partial charge in [0.2, 0.25) is 0 Å². The monoisotopic (exact) mass is 311 g/mol. The van der Waals surface area contributed by atoms with E-state index >= 15 is 0 Å². The van der Waals surface area contributed by atoms with Crippen LogP contribution in [0.1, 0.15) is 15.9 Å². The number of benzene rings is 1. The second-order valence-electron chi connectivity index (χ2n) is 4.68. The summed E-state index contributed by atoms with van der Waals surface area (Å²) >= 11 is 0. The van der Waals surface area contributed by atoms with Gasteiger partial charge < -0.3 is 15.4 Å². The van der Waals surface area contributed by atoms with Gasteiger partial charge in [-0.15, -0.1) is 0 Å². The summed E-state index contributed by atoms with van der Waals surface area (Å²) in [6.07, 6.45) is 2.99. The van der Waals surface area contributed by atoms with Crippen molar-refractivity contribution in [3.05, 3.63) is 71.7 Å². The van der Waals surface area contributed by atoms with E-state index in [0.717, 1.165) is 5.56 Å². The molecule has 0 bridgehead atoms. The molecule has 0 unspecified atom stereocenters. The van der Waals surface area contributed by atoms with Crippen LogP contribution in [0.3, 0.4) is 0 Å². The van der Waals surface area contributed by atoms with Crippen LogP contribution in [-0.2, 0) is 9.53 Å². The van der Waals surface area contributed by atoms with Crippen molar-refractivity contribution in [1.82, 2.24) is 10.3 Å².